The van der Waals surface area contributed by atoms with Crippen molar-refractivity contribution < 1.29 is 9.53 Å². The van der Waals surface area contributed by atoms with Crippen LogP contribution in [0.15, 0.2) is 36.4 Å². The average molecular weight is 305 g/mol. The molecule has 21 heavy (non-hydrogen) atoms. The minimum absolute atomic E-state index is 0.304. The lowest BCUT2D eigenvalue weighted by Crippen LogP contribution is -2.15. The van der Waals surface area contributed by atoms with Crippen LogP contribution in [-0.4, -0.2) is 12.5 Å². The van der Waals surface area contributed by atoms with Crippen molar-refractivity contribution in [3.63, 3.8) is 0 Å². The van der Waals surface area contributed by atoms with Crippen LogP contribution in [0.1, 0.15) is 22.8 Å². The molecule has 2 aromatic rings. The summed E-state index contributed by atoms with van der Waals surface area (Å²) in [6, 6.07) is 10.5. The molecule has 0 aliphatic heterocycles. The predicted molar refractivity (Wildman–Crippen MR) is 86.2 cm³/mol. The number of carbonyl (C=O) groups excluding carboxylic acids is 1. The van der Waals surface area contributed by atoms with Gasteiger partial charge in [0.05, 0.1) is 28.6 Å². The number of halogens is 1. The van der Waals surface area contributed by atoms with Crippen molar-refractivity contribution in [1.82, 2.24) is 0 Å². The van der Waals surface area contributed by atoms with Crippen molar-refractivity contribution >= 4 is 28.9 Å². The molecule has 0 radical (unpaired) electrons. The second-order valence-corrected chi connectivity index (χ2v) is 4.95. The number of amides is 1. The summed E-state index contributed by atoms with van der Waals surface area (Å²) in [7, 11) is 0. The van der Waals surface area contributed by atoms with E-state index in [0.29, 0.717) is 34.3 Å². The molecule has 0 bridgehead atoms. The number of para-hydroxylation sites is 2. The monoisotopic (exact) mass is 304 g/mol. The highest BCUT2D eigenvalue weighted by atomic mass is 35.5. The highest BCUT2D eigenvalue weighted by Crippen LogP contribution is 2.30. The van der Waals surface area contributed by atoms with Crippen molar-refractivity contribution in [3.05, 3.63) is 52.5 Å². The normalized spacial score (nSPS) is 10.2. The summed E-state index contributed by atoms with van der Waals surface area (Å²) < 4.78 is 5.47. The number of carbonyl (C=O) groups is 1. The Balaban J connectivity index is 2.35. The summed E-state index contributed by atoms with van der Waals surface area (Å²) >= 11 is 6.12. The van der Waals surface area contributed by atoms with Crippen LogP contribution in [-0.2, 0) is 0 Å². The quantitative estimate of drug-likeness (QED) is 0.842. The van der Waals surface area contributed by atoms with Gasteiger partial charge in [0.1, 0.15) is 0 Å². The molecule has 0 saturated carbocycles. The molecule has 0 spiro atoms. The maximum Gasteiger partial charge on any atom is 0.259 e. The first kappa shape index (κ1) is 15.2. The second kappa shape index (κ2) is 6.50. The van der Waals surface area contributed by atoms with E-state index in [2.05, 4.69) is 5.32 Å². The smallest absolute Gasteiger partial charge is 0.259 e. The first-order valence-corrected chi connectivity index (χ1v) is 7.00. The lowest BCUT2D eigenvalue weighted by molar-refractivity contribution is 0.102. The van der Waals surface area contributed by atoms with Gasteiger partial charge in [-0.2, -0.15) is 0 Å². The van der Waals surface area contributed by atoms with E-state index in [0.717, 1.165) is 5.56 Å². The van der Waals surface area contributed by atoms with Gasteiger partial charge in [-0.05, 0) is 37.6 Å². The van der Waals surface area contributed by atoms with E-state index in [1.165, 1.54) is 0 Å². The number of ether oxygens (including phenoxy) is 1. The number of nitrogens with two attached hydrogens (primary N) is 1. The van der Waals surface area contributed by atoms with E-state index in [-0.39, 0.29) is 5.91 Å². The number of benzene rings is 2. The first-order valence-electron chi connectivity index (χ1n) is 6.62. The molecule has 2 aromatic carbocycles. The first-order chi connectivity index (χ1) is 10.0. The zero-order valence-electron chi connectivity index (χ0n) is 11.9. The molecule has 0 aliphatic carbocycles. The van der Waals surface area contributed by atoms with Crippen LogP contribution in [0, 0.1) is 6.92 Å². The Morgan fingerprint density at radius 3 is 2.67 bits per heavy atom. The molecule has 110 valence electrons. The molecule has 0 heterocycles. The van der Waals surface area contributed by atoms with E-state index in [1.807, 2.05) is 26.0 Å². The fraction of sp³-hybridized carbons (Fsp3) is 0.188. The molecule has 0 fully saturated rings. The summed E-state index contributed by atoms with van der Waals surface area (Å²) in [6.45, 7) is 4.15. The van der Waals surface area contributed by atoms with Crippen molar-refractivity contribution in [2.24, 2.45) is 0 Å². The molecule has 0 aromatic heterocycles. The minimum Gasteiger partial charge on any atom is -0.491 e. The minimum atomic E-state index is -0.304. The van der Waals surface area contributed by atoms with E-state index in [9.17, 15) is 4.79 Å². The topological polar surface area (TPSA) is 64.3 Å². The Bertz CT molecular complexity index is 651. The van der Waals surface area contributed by atoms with E-state index >= 15 is 0 Å². The Hall–Kier alpha value is -2.20. The fourth-order valence-electron chi connectivity index (χ4n) is 2.01. The zero-order chi connectivity index (χ0) is 15.4. The Morgan fingerprint density at radius 2 is 2.00 bits per heavy atom. The summed E-state index contributed by atoms with van der Waals surface area (Å²) in [5.41, 5.74) is 8.16. The lowest BCUT2D eigenvalue weighted by Gasteiger charge is -2.14. The van der Waals surface area contributed by atoms with Crippen LogP contribution in [0.2, 0.25) is 5.02 Å². The van der Waals surface area contributed by atoms with Crippen molar-refractivity contribution in [1.29, 1.82) is 0 Å². The molecule has 1 amide bonds. The average Bonchev–Trinajstić information content (AvgIpc) is 2.45. The van der Waals surface area contributed by atoms with Crippen molar-refractivity contribution in [2.45, 2.75) is 13.8 Å². The second-order valence-electron chi connectivity index (χ2n) is 4.54. The molecule has 0 saturated heterocycles. The molecule has 2 rings (SSSR count). The summed E-state index contributed by atoms with van der Waals surface area (Å²) in [5, 5.41) is 3.31. The van der Waals surface area contributed by atoms with Gasteiger partial charge in [0, 0.05) is 0 Å². The molecule has 5 heteroatoms. The number of hydrogen-bond acceptors (Lipinski definition) is 3. The maximum absolute atomic E-state index is 12.5. The standard InChI is InChI=1S/C16H17ClN2O2/c1-3-21-15-11(7-5-9-13(15)18)16(20)19-14-10(2)6-4-8-12(14)17/h4-9H,3,18H2,1-2H3,(H,19,20). The third kappa shape index (κ3) is 3.28. The Kier molecular flexibility index (Phi) is 4.70. The molecule has 0 aliphatic rings. The van der Waals surface area contributed by atoms with Crippen LogP contribution in [0.25, 0.3) is 0 Å². The SMILES string of the molecule is CCOc1c(N)cccc1C(=O)Nc1c(C)cccc1Cl. The molecule has 0 unspecified atom stereocenters. The van der Waals surface area contributed by atoms with Crippen LogP contribution in [0.5, 0.6) is 5.75 Å². The number of aryl methyl sites for hydroxylation is 1. The number of hydrogen-bond donors (Lipinski definition) is 2. The molecule has 4 nitrogen and oxygen atoms in total. The largest absolute Gasteiger partial charge is 0.491 e. The van der Waals surface area contributed by atoms with Crippen LogP contribution >= 0.6 is 11.6 Å². The zero-order valence-corrected chi connectivity index (χ0v) is 12.7. The summed E-state index contributed by atoms with van der Waals surface area (Å²) in [5.74, 6) is 0.0872. The van der Waals surface area contributed by atoms with Crippen molar-refractivity contribution in [2.75, 3.05) is 17.7 Å². The molecular formula is C16H17ClN2O2. The lowest BCUT2D eigenvalue weighted by atomic mass is 10.1. The van der Waals surface area contributed by atoms with Gasteiger partial charge in [0.25, 0.3) is 5.91 Å². The van der Waals surface area contributed by atoms with E-state index in [4.69, 9.17) is 22.1 Å². The van der Waals surface area contributed by atoms with Crippen molar-refractivity contribution in [3.8, 4) is 5.75 Å². The Labute approximate surface area is 128 Å². The highest BCUT2D eigenvalue weighted by Gasteiger charge is 2.16. The third-order valence-electron chi connectivity index (χ3n) is 3.04. The molecule has 3 N–H and O–H groups in total. The van der Waals surface area contributed by atoms with Gasteiger partial charge in [-0.1, -0.05) is 29.8 Å². The van der Waals surface area contributed by atoms with E-state index < -0.39 is 0 Å². The van der Waals surface area contributed by atoms with Crippen LogP contribution < -0.4 is 15.8 Å². The van der Waals surface area contributed by atoms with Gasteiger partial charge in [-0.3, -0.25) is 4.79 Å². The number of rotatable bonds is 4. The van der Waals surface area contributed by atoms with Gasteiger partial charge in [0.15, 0.2) is 5.75 Å². The summed E-state index contributed by atoms with van der Waals surface area (Å²) in [6.07, 6.45) is 0. The fourth-order valence-corrected chi connectivity index (χ4v) is 2.28. The number of nitrogen functional groups attached to an aromatic ring is 1. The van der Waals surface area contributed by atoms with Gasteiger partial charge in [-0.15, -0.1) is 0 Å². The van der Waals surface area contributed by atoms with Gasteiger partial charge >= 0.3 is 0 Å². The Morgan fingerprint density at radius 1 is 1.29 bits per heavy atom. The third-order valence-corrected chi connectivity index (χ3v) is 3.35. The van der Waals surface area contributed by atoms with Crippen LogP contribution in [0.3, 0.4) is 0 Å². The molecule has 0 atom stereocenters. The van der Waals surface area contributed by atoms with Gasteiger partial charge in [0.2, 0.25) is 0 Å². The highest BCUT2D eigenvalue weighted by molar-refractivity contribution is 6.34. The van der Waals surface area contributed by atoms with Gasteiger partial charge < -0.3 is 15.8 Å². The van der Waals surface area contributed by atoms with E-state index in [1.54, 1.807) is 24.3 Å². The van der Waals surface area contributed by atoms with Gasteiger partial charge in [-0.25, -0.2) is 0 Å². The summed E-state index contributed by atoms with van der Waals surface area (Å²) in [4.78, 5) is 12.5. The number of anilines is 2. The maximum atomic E-state index is 12.5. The predicted octanol–water partition coefficient (Wildman–Crippen LogP) is 3.88. The van der Waals surface area contributed by atoms with Crippen LogP contribution in [0.4, 0.5) is 11.4 Å². The molecular weight excluding hydrogens is 288 g/mol. The number of nitrogens with one attached hydrogen (secondary N) is 1.